The van der Waals surface area contributed by atoms with Crippen molar-refractivity contribution in [1.82, 2.24) is 5.32 Å². The summed E-state index contributed by atoms with van der Waals surface area (Å²) in [5, 5.41) is 2.57. The molecule has 0 saturated carbocycles. The first-order chi connectivity index (χ1) is 9.58. The minimum absolute atomic E-state index is 0.00601. The van der Waals surface area contributed by atoms with Crippen molar-refractivity contribution in [2.24, 2.45) is 0 Å². The van der Waals surface area contributed by atoms with Gasteiger partial charge in [0.2, 0.25) is 0 Å². The molecule has 1 N–H and O–H groups in total. The number of halogens is 7. The number of hydrogen-bond acceptors (Lipinski definition) is 2. The molecule has 0 amide bonds. The third kappa shape index (κ3) is 7.28. The number of rotatable bonds is 6. The maximum absolute atomic E-state index is 13.0. The lowest BCUT2D eigenvalue weighted by atomic mass is 10.1. The van der Waals surface area contributed by atoms with Crippen molar-refractivity contribution in [2.75, 3.05) is 19.8 Å². The van der Waals surface area contributed by atoms with Crippen LogP contribution in [0.1, 0.15) is 11.1 Å². The zero-order chi connectivity index (χ0) is 16.1. The fraction of sp³-hybridized carbons (Fsp3) is 0.500. The fourth-order valence-corrected chi connectivity index (χ4v) is 1.48. The average Bonchev–Trinajstić information content (AvgIpc) is 2.30. The first-order valence-electron chi connectivity index (χ1n) is 5.80. The van der Waals surface area contributed by atoms with Crippen LogP contribution < -0.4 is 5.32 Å². The molecule has 2 nitrogen and oxygen atoms in total. The van der Waals surface area contributed by atoms with Crippen molar-refractivity contribution in [3.63, 3.8) is 0 Å². The summed E-state index contributed by atoms with van der Waals surface area (Å²) in [6, 6.07) is 2.06. The van der Waals surface area contributed by atoms with E-state index in [4.69, 9.17) is 0 Å². The molecule has 0 atom stereocenters. The minimum Gasteiger partial charge on any atom is -0.371 e. The van der Waals surface area contributed by atoms with Crippen LogP contribution in [0.4, 0.5) is 30.7 Å². The summed E-state index contributed by atoms with van der Waals surface area (Å²) in [4.78, 5) is 0. The minimum atomic E-state index is -4.66. The van der Waals surface area contributed by atoms with Crippen LogP contribution in [0.2, 0.25) is 0 Å². The lowest BCUT2D eigenvalue weighted by Gasteiger charge is -2.11. The third-order valence-corrected chi connectivity index (χ3v) is 2.30. The van der Waals surface area contributed by atoms with Gasteiger partial charge in [-0.3, -0.25) is 0 Å². The van der Waals surface area contributed by atoms with Crippen LogP contribution in [0.3, 0.4) is 0 Å². The molecule has 0 aliphatic heterocycles. The van der Waals surface area contributed by atoms with E-state index in [0.29, 0.717) is 6.07 Å². The van der Waals surface area contributed by atoms with E-state index in [2.05, 4.69) is 10.1 Å². The highest BCUT2D eigenvalue weighted by atomic mass is 19.4. The molecule has 0 spiro atoms. The summed E-state index contributed by atoms with van der Waals surface area (Å²) in [6.07, 6.45) is -9.09. The quantitative estimate of drug-likeness (QED) is 0.640. The number of ether oxygens (including phenoxy) is 1. The Labute approximate surface area is 115 Å². The van der Waals surface area contributed by atoms with Crippen LogP contribution in [0, 0.1) is 5.82 Å². The average molecular weight is 319 g/mol. The van der Waals surface area contributed by atoms with Gasteiger partial charge in [-0.25, -0.2) is 4.39 Å². The molecule has 21 heavy (non-hydrogen) atoms. The lowest BCUT2D eigenvalue weighted by Crippen LogP contribution is -2.23. The summed E-state index contributed by atoms with van der Waals surface area (Å²) in [6.45, 7) is -1.78. The molecule has 0 radical (unpaired) electrons. The third-order valence-electron chi connectivity index (χ3n) is 2.30. The molecular formula is C12H12F7NO. The second-order valence-electron chi connectivity index (χ2n) is 4.19. The molecule has 0 heterocycles. The van der Waals surface area contributed by atoms with Crippen LogP contribution in [0.25, 0.3) is 0 Å². The van der Waals surface area contributed by atoms with E-state index in [1.807, 2.05) is 0 Å². The Morgan fingerprint density at radius 1 is 1.00 bits per heavy atom. The van der Waals surface area contributed by atoms with E-state index in [1.54, 1.807) is 0 Å². The van der Waals surface area contributed by atoms with E-state index in [-0.39, 0.29) is 25.3 Å². The Hall–Kier alpha value is -1.35. The first kappa shape index (κ1) is 17.7. The topological polar surface area (TPSA) is 21.3 Å². The molecule has 0 fully saturated rings. The molecule has 0 aromatic heterocycles. The Morgan fingerprint density at radius 2 is 1.67 bits per heavy atom. The Kier molecular flexibility index (Phi) is 5.97. The second kappa shape index (κ2) is 7.08. The summed E-state index contributed by atoms with van der Waals surface area (Å²) in [7, 11) is 0. The van der Waals surface area contributed by atoms with Crippen LogP contribution in [0.15, 0.2) is 18.2 Å². The number of hydrogen-bond donors (Lipinski definition) is 1. The van der Waals surface area contributed by atoms with Gasteiger partial charge in [0.15, 0.2) is 0 Å². The van der Waals surface area contributed by atoms with E-state index < -0.39 is 30.3 Å². The molecule has 0 saturated heterocycles. The zero-order valence-electron chi connectivity index (χ0n) is 10.6. The molecule has 1 aromatic rings. The predicted molar refractivity (Wildman–Crippen MR) is 60.0 cm³/mol. The molecular weight excluding hydrogens is 307 g/mol. The fourth-order valence-electron chi connectivity index (χ4n) is 1.48. The van der Waals surface area contributed by atoms with Crippen molar-refractivity contribution in [3.8, 4) is 0 Å². The summed E-state index contributed by atoms with van der Waals surface area (Å²) in [5.41, 5.74) is -1.08. The van der Waals surface area contributed by atoms with Gasteiger partial charge in [0.1, 0.15) is 12.4 Å². The number of alkyl halides is 6. The molecule has 0 unspecified atom stereocenters. The number of benzene rings is 1. The molecule has 120 valence electrons. The predicted octanol–water partition coefficient (Wildman–Crippen LogP) is 3.51. The van der Waals surface area contributed by atoms with E-state index in [1.165, 1.54) is 0 Å². The lowest BCUT2D eigenvalue weighted by molar-refractivity contribution is -0.173. The normalized spacial score (nSPS) is 12.7. The van der Waals surface area contributed by atoms with Crippen LogP contribution >= 0.6 is 0 Å². The SMILES string of the molecule is Fc1cc(CNCCOCC(F)(F)F)cc(C(F)(F)F)c1. The number of nitrogens with one attached hydrogen (secondary N) is 1. The standard InChI is InChI=1S/C12H12F7NO/c13-10-4-8(3-9(5-10)12(17,18)19)6-20-1-2-21-7-11(14,15)16/h3-5,20H,1-2,6-7H2. The molecule has 9 heteroatoms. The van der Waals surface area contributed by atoms with Gasteiger partial charge in [-0.05, 0) is 23.8 Å². The highest BCUT2D eigenvalue weighted by molar-refractivity contribution is 5.26. The van der Waals surface area contributed by atoms with Crippen molar-refractivity contribution in [3.05, 3.63) is 35.1 Å². The smallest absolute Gasteiger partial charge is 0.371 e. The first-order valence-corrected chi connectivity index (χ1v) is 5.80. The Bertz CT molecular complexity index is 456. The van der Waals surface area contributed by atoms with Crippen molar-refractivity contribution < 1.29 is 35.5 Å². The van der Waals surface area contributed by atoms with Gasteiger partial charge < -0.3 is 10.1 Å². The monoisotopic (exact) mass is 319 g/mol. The van der Waals surface area contributed by atoms with Gasteiger partial charge in [-0.2, -0.15) is 26.3 Å². The van der Waals surface area contributed by atoms with Crippen LogP contribution in [-0.4, -0.2) is 25.9 Å². The summed E-state index contributed by atoms with van der Waals surface area (Å²) in [5.74, 6) is -1.03. The maximum Gasteiger partial charge on any atom is 0.416 e. The van der Waals surface area contributed by atoms with Gasteiger partial charge in [0, 0.05) is 13.1 Å². The van der Waals surface area contributed by atoms with E-state index in [0.717, 1.165) is 12.1 Å². The van der Waals surface area contributed by atoms with E-state index in [9.17, 15) is 30.7 Å². The highest BCUT2D eigenvalue weighted by Crippen LogP contribution is 2.30. The van der Waals surface area contributed by atoms with Gasteiger partial charge in [0.25, 0.3) is 0 Å². The van der Waals surface area contributed by atoms with Crippen molar-refractivity contribution in [1.29, 1.82) is 0 Å². The van der Waals surface area contributed by atoms with Crippen LogP contribution in [-0.2, 0) is 17.5 Å². The van der Waals surface area contributed by atoms with E-state index >= 15 is 0 Å². The second-order valence-corrected chi connectivity index (χ2v) is 4.19. The molecule has 0 aliphatic rings. The Balaban J connectivity index is 2.41. The molecule has 1 aromatic carbocycles. The molecule has 1 rings (SSSR count). The molecule has 0 bridgehead atoms. The van der Waals surface area contributed by atoms with Gasteiger partial charge >= 0.3 is 12.4 Å². The molecule has 0 aliphatic carbocycles. The van der Waals surface area contributed by atoms with Crippen molar-refractivity contribution >= 4 is 0 Å². The largest absolute Gasteiger partial charge is 0.416 e. The Morgan fingerprint density at radius 3 is 2.24 bits per heavy atom. The van der Waals surface area contributed by atoms with Gasteiger partial charge in [-0.1, -0.05) is 0 Å². The summed E-state index contributed by atoms with van der Waals surface area (Å²) < 4.78 is 89.9. The van der Waals surface area contributed by atoms with Gasteiger partial charge in [0.05, 0.1) is 12.2 Å². The highest BCUT2D eigenvalue weighted by Gasteiger charge is 2.31. The van der Waals surface area contributed by atoms with Crippen molar-refractivity contribution in [2.45, 2.75) is 18.9 Å². The maximum atomic E-state index is 13.0. The van der Waals surface area contributed by atoms with Gasteiger partial charge in [-0.15, -0.1) is 0 Å². The zero-order valence-corrected chi connectivity index (χ0v) is 10.6. The summed E-state index contributed by atoms with van der Waals surface area (Å²) >= 11 is 0. The van der Waals surface area contributed by atoms with Crippen LogP contribution in [0.5, 0.6) is 0 Å².